The van der Waals surface area contributed by atoms with Gasteiger partial charge < -0.3 is 9.84 Å². The third kappa shape index (κ3) is 3.35. The molecule has 0 saturated heterocycles. The largest absolute Gasteiger partial charge is 0.486 e. The molecule has 3 nitrogen and oxygen atoms in total. The van der Waals surface area contributed by atoms with E-state index in [4.69, 9.17) is 4.74 Å². The second-order valence-electron chi connectivity index (χ2n) is 4.41. The Labute approximate surface area is 125 Å². The molecule has 5 heteroatoms. The minimum Gasteiger partial charge on any atom is -0.486 e. The van der Waals surface area contributed by atoms with Crippen LogP contribution in [0.25, 0.3) is 0 Å². The summed E-state index contributed by atoms with van der Waals surface area (Å²) in [5.41, 5.74) is 2.85. The molecule has 1 aromatic carbocycles. The molecule has 0 bridgehead atoms. The van der Waals surface area contributed by atoms with Gasteiger partial charge in [0.05, 0.1) is 12.3 Å². The molecule has 102 valence electrons. The monoisotopic (exact) mass is 341 g/mol. The van der Waals surface area contributed by atoms with Crippen molar-refractivity contribution in [1.29, 1.82) is 0 Å². The molecule has 2 aromatic rings. The van der Waals surface area contributed by atoms with Crippen molar-refractivity contribution in [3.8, 4) is 5.75 Å². The van der Waals surface area contributed by atoms with Crippen molar-refractivity contribution in [3.05, 3.63) is 43.3 Å². The van der Waals surface area contributed by atoms with E-state index in [9.17, 15) is 5.11 Å². The average Bonchev–Trinajstić information content (AvgIpc) is 2.66. The number of ether oxygens (including phenoxy) is 1. The predicted molar refractivity (Wildman–Crippen MR) is 80.7 cm³/mol. The van der Waals surface area contributed by atoms with E-state index in [1.54, 1.807) is 11.3 Å². The lowest BCUT2D eigenvalue weighted by molar-refractivity contribution is 0.257. The molecule has 0 saturated carbocycles. The lowest BCUT2D eigenvalue weighted by atomic mass is 10.1. The summed E-state index contributed by atoms with van der Waals surface area (Å²) >= 11 is 5.07. The number of aryl methyl sites for hydroxylation is 3. The summed E-state index contributed by atoms with van der Waals surface area (Å²) in [6.07, 6.45) is 0. The van der Waals surface area contributed by atoms with Crippen LogP contribution in [0.3, 0.4) is 0 Å². The quantitative estimate of drug-likeness (QED) is 0.916. The number of thiazole rings is 1. The van der Waals surface area contributed by atoms with Crippen LogP contribution >= 0.6 is 27.3 Å². The van der Waals surface area contributed by atoms with Gasteiger partial charge in [-0.2, -0.15) is 0 Å². The maximum atomic E-state index is 9.40. The van der Waals surface area contributed by atoms with Gasteiger partial charge in [-0.25, -0.2) is 4.98 Å². The molecule has 0 aliphatic carbocycles. The number of aromatic nitrogens is 1. The van der Waals surface area contributed by atoms with Crippen molar-refractivity contribution in [3.63, 3.8) is 0 Å². The normalized spacial score (nSPS) is 10.8. The predicted octanol–water partition coefficient (Wildman–Crippen LogP) is 3.90. The smallest absolute Gasteiger partial charge is 0.140 e. The highest BCUT2D eigenvalue weighted by Crippen LogP contribution is 2.29. The Kier molecular flexibility index (Phi) is 4.60. The highest BCUT2D eigenvalue weighted by Gasteiger charge is 2.10. The summed E-state index contributed by atoms with van der Waals surface area (Å²) in [6.45, 7) is 6.43. The first-order valence-corrected chi connectivity index (χ1v) is 7.57. The molecule has 2 rings (SSSR count). The van der Waals surface area contributed by atoms with Crippen LogP contribution in [0.5, 0.6) is 5.75 Å². The van der Waals surface area contributed by atoms with Gasteiger partial charge in [-0.1, -0.05) is 15.9 Å². The maximum Gasteiger partial charge on any atom is 0.140 e. The summed E-state index contributed by atoms with van der Waals surface area (Å²) in [5.74, 6) is 0.746. The Morgan fingerprint density at radius 2 is 2.05 bits per heavy atom. The Balaban J connectivity index is 2.19. The van der Waals surface area contributed by atoms with Crippen LogP contribution in [0.15, 0.2) is 16.6 Å². The molecule has 0 amide bonds. The average molecular weight is 342 g/mol. The van der Waals surface area contributed by atoms with Gasteiger partial charge in [0.1, 0.15) is 17.4 Å². The van der Waals surface area contributed by atoms with Crippen LogP contribution in [0.2, 0.25) is 0 Å². The van der Waals surface area contributed by atoms with Gasteiger partial charge in [-0.05, 0) is 38.5 Å². The lowest BCUT2D eigenvalue weighted by Gasteiger charge is -2.12. The molecular formula is C14H16BrNO2S. The number of nitrogens with zero attached hydrogens (tertiary/aromatic N) is 1. The van der Waals surface area contributed by atoms with Crippen LogP contribution < -0.4 is 4.74 Å². The van der Waals surface area contributed by atoms with Crippen molar-refractivity contribution < 1.29 is 9.84 Å². The van der Waals surface area contributed by atoms with E-state index in [-0.39, 0.29) is 6.61 Å². The topological polar surface area (TPSA) is 42.4 Å². The van der Waals surface area contributed by atoms with Crippen LogP contribution in [0, 0.1) is 20.8 Å². The van der Waals surface area contributed by atoms with E-state index in [1.807, 2.05) is 26.0 Å². The molecule has 19 heavy (non-hydrogen) atoms. The Morgan fingerprint density at radius 1 is 1.32 bits per heavy atom. The van der Waals surface area contributed by atoms with Crippen molar-refractivity contribution in [2.45, 2.75) is 34.0 Å². The summed E-state index contributed by atoms with van der Waals surface area (Å²) in [6, 6.07) is 3.85. The van der Waals surface area contributed by atoms with E-state index >= 15 is 0 Å². The number of hydrogen-bond donors (Lipinski definition) is 1. The van der Waals surface area contributed by atoms with Gasteiger partial charge in [0.25, 0.3) is 0 Å². The van der Waals surface area contributed by atoms with E-state index in [0.29, 0.717) is 6.61 Å². The maximum absolute atomic E-state index is 9.40. The summed E-state index contributed by atoms with van der Waals surface area (Å²) < 4.78 is 6.78. The minimum atomic E-state index is -0.0362. The molecule has 0 aliphatic heterocycles. The fraction of sp³-hybridized carbons (Fsp3) is 0.357. The molecule has 0 aliphatic rings. The summed E-state index contributed by atoms with van der Waals surface area (Å²) in [7, 11) is 0. The van der Waals surface area contributed by atoms with Gasteiger partial charge >= 0.3 is 0 Å². The third-order valence-electron chi connectivity index (χ3n) is 2.90. The van der Waals surface area contributed by atoms with Crippen molar-refractivity contribution >= 4 is 27.3 Å². The molecule has 0 fully saturated rings. The van der Waals surface area contributed by atoms with Gasteiger partial charge in [0.2, 0.25) is 0 Å². The Morgan fingerprint density at radius 3 is 2.63 bits per heavy atom. The van der Waals surface area contributed by atoms with E-state index in [0.717, 1.165) is 32.1 Å². The summed E-state index contributed by atoms with van der Waals surface area (Å²) in [4.78, 5) is 5.67. The van der Waals surface area contributed by atoms with Crippen molar-refractivity contribution in [2.24, 2.45) is 0 Å². The minimum absolute atomic E-state index is 0.0362. The Hall–Kier alpha value is -0.910. The third-order valence-corrected chi connectivity index (χ3v) is 4.40. The molecule has 0 unspecified atom stereocenters. The highest BCUT2D eigenvalue weighted by molar-refractivity contribution is 9.10. The number of rotatable bonds is 4. The Bertz CT molecular complexity index is 576. The second-order valence-corrected chi connectivity index (χ2v) is 6.61. The standard InChI is InChI=1S/C14H16BrNO2S/c1-8-4-12(15)5-11(6-17)14(8)18-7-13-16-9(2)10(3)19-13/h4-5,17H,6-7H2,1-3H3. The van der Waals surface area contributed by atoms with Crippen molar-refractivity contribution in [2.75, 3.05) is 0 Å². The zero-order chi connectivity index (χ0) is 14.0. The van der Waals surface area contributed by atoms with Crippen LogP contribution in [-0.2, 0) is 13.2 Å². The lowest BCUT2D eigenvalue weighted by Crippen LogP contribution is -2.01. The highest BCUT2D eigenvalue weighted by atomic mass is 79.9. The molecule has 0 radical (unpaired) electrons. The number of halogens is 1. The van der Waals surface area contributed by atoms with Crippen LogP contribution in [0.1, 0.15) is 26.7 Å². The zero-order valence-corrected chi connectivity index (χ0v) is 13.6. The zero-order valence-electron chi connectivity index (χ0n) is 11.2. The van der Waals surface area contributed by atoms with Crippen LogP contribution in [-0.4, -0.2) is 10.1 Å². The molecule has 1 N–H and O–H groups in total. The molecule has 0 spiro atoms. The second kappa shape index (κ2) is 6.03. The van der Waals surface area contributed by atoms with E-state index in [2.05, 4.69) is 27.8 Å². The first kappa shape index (κ1) is 14.5. The molecule has 0 atom stereocenters. The number of hydrogen-bond acceptors (Lipinski definition) is 4. The fourth-order valence-corrected chi connectivity index (χ4v) is 3.33. The summed E-state index contributed by atoms with van der Waals surface area (Å²) in [5, 5.41) is 10.4. The molecular weight excluding hydrogens is 326 g/mol. The first-order valence-electron chi connectivity index (χ1n) is 5.97. The van der Waals surface area contributed by atoms with Gasteiger partial charge in [-0.15, -0.1) is 11.3 Å². The van der Waals surface area contributed by atoms with Gasteiger partial charge in [0.15, 0.2) is 0 Å². The number of aliphatic hydroxyl groups is 1. The van der Waals surface area contributed by atoms with E-state index < -0.39 is 0 Å². The number of benzene rings is 1. The number of aliphatic hydroxyl groups excluding tert-OH is 1. The van der Waals surface area contributed by atoms with Crippen LogP contribution in [0.4, 0.5) is 0 Å². The SMILES string of the molecule is Cc1cc(Br)cc(CO)c1OCc1nc(C)c(C)s1. The fourth-order valence-electron chi connectivity index (χ4n) is 1.86. The molecule has 1 aromatic heterocycles. The van der Waals surface area contributed by atoms with E-state index in [1.165, 1.54) is 4.88 Å². The van der Waals surface area contributed by atoms with Gasteiger partial charge in [-0.3, -0.25) is 0 Å². The van der Waals surface area contributed by atoms with Crippen molar-refractivity contribution in [1.82, 2.24) is 4.98 Å². The van der Waals surface area contributed by atoms with Gasteiger partial charge in [0, 0.05) is 14.9 Å². The molecule has 1 heterocycles. The first-order chi connectivity index (χ1) is 9.01.